The molecular formula is C24H21NO4. The van der Waals surface area contributed by atoms with Crippen LogP contribution in [-0.4, -0.2) is 24.2 Å². The molecule has 1 atom stereocenters. The number of esters is 1. The van der Waals surface area contributed by atoms with E-state index in [0.29, 0.717) is 16.7 Å². The van der Waals surface area contributed by atoms with E-state index < -0.39 is 12.1 Å². The van der Waals surface area contributed by atoms with Crippen LogP contribution in [0.1, 0.15) is 37.9 Å². The third kappa shape index (κ3) is 5.39. The molecule has 1 amide bonds. The van der Waals surface area contributed by atoms with Crippen LogP contribution in [0, 0.1) is 6.92 Å². The molecule has 0 heterocycles. The fourth-order valence-electron chi connectivity index (χ4n) is 2.79. The van der Waals surface area contributed by atoms with Crippen LogP contribution in [0.15, 0.2) is 84.9 Å². The molecule has 0 bridgehead atoms. The lowest BCUT2D eigenvalue weighted by molar-refractivity contribution is -0.146. The van der Waals surface area contributed by atoms with Crippen molar-refractivity contribution in [2.24, 2.45) is 0 Å². The number of amides is 1. The molecule has 0 saturated carbocycles. The van der Waals surface area contributed by atoms with E-state index in [1.54, 1.807) is 66.7 Å². The summed E-state index contributed by atoms with van der Waals surface area (Å²) < 4.78 is 5.45. The summed E-state index contributed by atoms with van der Waals surface area (Å²) in [6, 6.07) is 24.5. The summed E-state index contributed by atoms with van der Waals surface area (Å²) in [4.78, 5) is 37.5. The second-order valence-corrected chi connectivity index (χ2v) is 6.56. The molecule has 5 heteroatoms. The van der Waals surface area contributed by atoms with Gasteiger partial charge in [-0.2, -0.15) is 0 Å². The summed E-state index contributed by atoms with van der Waals surface area (Å²) in [5.74, 6) is -1.40. The molecule has 29 heavy (non-hydrogen) atoms. The molecule has 0 radical (unpaired) electrons. The number of Topliss-reactive ketones (excluding diaryl/α,β-unsaturated/α-hetero) is 1. The summed E-state index contributed by atoms with van der Waals surface area (Å²) in [6.07, 6.45) is -1.08. The molecule has 1 unspecified atom stereocenters. The second kappa shape index (κ2) is 9.46. The fourth-order valence-corrected chi connectivity index (χ4v) is 2.79. The smallest absolute Gasteiger partial charge is 0.326 e. The Kier molecular flexibility index (Phi) is 6.53. The highest BCUT2D eigenvalue weighted by atomic mass is 16.5. The molecule has 5 nitrogen and oxygen atoms in total. The van der Waals surface area contributed by atoms with Crippen LogP contribution in [0.5, 0.6) is 0 Å². The maximum atomic E-state index is 12.9. The zero-order chi connectivity index (χ0) is 20.6. The van der Waals surface area contributed by atoms with Crippen molar-refractivity contribution in [1.29, 1.82) is 0 Å². The van der Waals surface area contributed by atoms with Crippen LogP contribution in [0.4, 0.5) is 0 Å². The van der Waals surface area contributed by atoms with Crippen molar-refractivity contribution in [3.05, 3.63) is 107 Å². The van der Waals surface area contributed by atoms with E-state index in [-0.39, 0.29) is 18.2 Å². The minimum Gasteiger partial charge on any atom is -0.448 e. The molecule has 0 aliphatic heterocycles. The lowest BCUT2D eigenvalue weighted by Crippen LogP contribution is -2.32. The Morgan fingerprint density at radius 3 is 2.00 bits per heavy atom. The number of benzene rings is 3. The van der Waals surface area contributed by atoms with Crippen molar-refractivity contribution in [2.75, 3.05) is 6.54 Å². The summed E-state index contributed by atoms with van der Waals surface area (Å²) in [5.41, 5.74) is 2.49. The quantitative estimate of drug-likeness (QED) is 0.493. The summed E-state index contributed by atoms with van der Waals surface area (Å²) >= 11 is 0. The minimum absolute atomic E-state index is 0.324. The molecule has 0 saturated heterocycles. The number of hydrogen-bond acceptors (Lipinski definition) is 4. The highest BCUT2D eigenvalue weighted by Gasteiger charge is 2.26. The average Bonchev–Trinajstić information content (AvgIpc) is 2.77. The van der Waals surface area contributed by atoms with Crippen molar-refractivity contribution in [1.82, 2.24) is 5.32 Å². The Balaban J connectivity index is 1.69. The Morgan fingerprint density at radius 1 is 0.793 bits per heavy atom. The number of carbonyl (C=O) groups excluding carboxylic acids is 3. The van der Waals surface area contributed by atoms with Gasteiger partial charge in [0.25, 0.3) is 5.91 Å². The summed E-state index contributed by atoms with van der Waals surface area (Å²) in [7, 11) is 0. The molecule has 3 aromatic carbocycles. The lowest BCUT2D eigenvalue weighted by Gasteiger charge is -2.17. The fraction of sp³-hybridized carbons (Fsp3) is 0.125. The SMILES string of the molecule is Cc1ccc(C(=O)NCC(=O)OC(C(=O)c2ccccc2)c2ccccc2)cc1. The third-order valence-corrected chi connectivity index (χ3v) is 4.36. The summed E-state index contributed by atoms with van der Waals surface area (Å²) in [6.45, 7) is 1.59. The molecule has 0 fully saturated rings. The van der Waals surface area contributed by atoms with Crippen LogP contribution < -0.4 is 5.32 Å². The lowest BCUT2D eigenvalue weighted by atomic mass is 10.00. The van der Waals surface area contributed by atoms with Crippen molar-refractivity contribution < 1.29 is 19.1 Å². The predicted molar refractivity (Wildman–Crippen MR) is 110 cm³/mol. The first kappa shape index (κ1) is 20.0. The Hall–Kier alpha value is -3.73. The maximum Gasteiger partial charge on any atom is 0.326 e. The third-order valence-electron chi connectivity index (χ3n) is 4.36. The van der Waals surface area contributed by atoms with Crippen molar-refractivity contribution in [3.63, 3.8) is 0 Å². The van der Waals surface area contributed by atoms with Crippen molar-refractivity contribution >= 4 is 17.7 Å². The van der Waals surface area contributed by atoms with Crippen LogP contribution in [0.2, 0.25) is 0 Å². The van der Waals surface area contributed by atoms with Gasteiger partial charge in [0, 0.05) is 16.7 Å². The van der Waals surface area contributed by atoms with Crippen LogP contribution in [-0.2, 0) is 9.53 Å². The first-order chi connectivity index (χ1) is 14.0. The van der Waals surface area contributed by atoms with E-state index >= 15 is 0 Å². The monoisotopic (exact) mass is 387 g/mol. The number of ketones is 1. The standard InChI is InChI=1S/C24H21NO4/c1-17-12-14-20(15-13-17)24(28)25-16-21(26)29-23(19-10-6-3-7-11-19)22(27)18-8-4-2-5-9-18/h2-15,23H,16H2,1H3,(H,25,28). The van der Waals surface area contributed by atoms with Gasteiger partial charge in [0.05, 0.1) is 0 Å². The highest BCUT2D eigenvalue weighted by Crippen LogP contribution is 2.22. The van der Waals surface area contributed by atoms with Gasteiger partial charge in [-0.3, -0.25) is 14.4 Å². The van der Waals surface area contributed by atoms with Crippen LogP contribution in [0.25, 0.3) is 0 Å². The van der Waals surface area contributed by atoms with Crippen molar-refractivity contribution in [2.45, 2.75) is 13.0 Å². The van der Waals surface area contributed by atoms with Crippen molar-refractivity contribution in [3.8, 4) is 0 Å². The van der Waals surface area contributed by atoms with Crippen LogP contribution in [0.3, 0.4) is 0 Å². The van der Waals surface area contributed by atoms with E-state index in [2.05, 4.69) is 5.32 Å². The first-order valence-corrected chi connectivity index (χ1v) is 9.23. The van der Waals surface area contributed by atoms with Gasteiger partial charge >= 0.3 is 5.97 Å². The molecule has 1 N–H and O–H groups in total. The summed E-state index contributed by atoms with van der Waals surface area (Å²) in [5, 5.41) is 2.53. The molecule has 0 aromatic heterocycles. The van der Waals surface area contributed by atoms with Gasteiger partial charge in [0.15, 0.2) is 6.10 Å². The van der Waals surface area contributed by atoms with E-state index in [4.69, 9.17) is 4.74 Å². The molecule has 0 spiro atoms. The van der Waals surface area contributed by atoms with Gasteiger partial charge in [-0.15, -0.1) is 0 Å². The molecule has 3 rings (SSSR count). The number of nitrogens with one attached hydrogen (secondary N) is 1. The predicted octanol–water partition coefficient (Wildman–Crippen LogP) is 3.89. The van der Waals surface area contributed by atoms with Gasteiger partial charge in [-0.05, 0) is 19.1 Å². The van der Waals surface area contributed by atoms with Gasteiger partial charge in [-0.25, -0.2) is 0 Å². The number of carbonyl (C=O) groups is 3. The zero-order valence-corrected chi connectivity index (χ0v) is 16.0. The van der Waals surface area contributed by atoms with E-state index in [1.165, 1.54) is 0 Å². The second-order valence-electron chi connectivity index (χ2n) is 6.56. The number of ether oxygens (including phenoxy) is 1. The number of aryl methyl sites for hydroxylation is 1. The van der Waals surface area contributed by atoms with Gasteiger partial charge < -0.3 is 10.1 Å². The topological polar surface area (TPSA) is 72.5 Å². The normalized spacial score (nSPS) is 11.3. The van der Waals surface area contributed by atoms with Gasteiger partial charge in [0.2, 0.25) is 5.78 Å². The maximum absolute atomic E-state index is 12.9. The number of rotatable bonds is 7. The molecule has 146 valence electrons. The van der Waals surface area contributed by atoms with Gasteiger partial charge in [-0.1, -0.05) is 78.4 Å². The van der Waals surface area contributed by atoms with Gasteiger partial charge in [0.1, 0.15) is 6.54 Å². The Morgan fingerprint density at radius 2 is 1.38 bits per heavy atom. The Labute approximate surface area is 169 Å². The first-order valence-electron chi connectivity index (χ1n) is 9.23. The van der Waals surface area contributed by atoms with E-state index in [0.717, 1.165) is 5.56 Å². The molecule has 0 aliphatic carbocycles. The highest BCUT2D eigenvalue weighted by molar-refractivity contribution is 6.01. The van der Waals surface area contributed by atoms with E-state index in [1.807, 2.05) is 25.1 Å². The van der Waals surface area contributed by atoms with E-state index in [9.17, 15) is 14.4 Å². The zero-order valence-electron chi connectivity index (χ0n) is 16.0. The minimum atomic E-state index is -1.08. The number of hydrogen-bond donors (Lipinski definition) is 1. The molecule has 0 aliphatic rings. The average molecular weight is 387 g/mol. The molecule has 3 aromatic rings. The molecular weight excluding hydrogens is 366 g/mol. The Bertz CT molecular complexity index is 982. The largest absolute Gasteiger partial charge is 0.448 e. The van der Waals surface area contributed by atoms with Crippen LogP contribution >= 0.6 is 0 Å².